The molecule has 32 heavy (non-hydrogen) atoms. The summed E-state index contributed by atoms with van der Waals surface area (Å²) in [5.41, 5.74) is 5.56. The van der Waals surface area contributed by atoms with Crippen LogP contribution in [0.25, 0.3) is 28.0 Å². The number of imide groups is 1. The number of piperidine rings is 1. The first-order valence-electron chi connectivity index (χ1n) is 10.2. The number of H-pyrrole nitrogens is 1. The molecule has 2 N–H and O–H groups in total. The van der Waals surface area contributed by atoms with Gasteiger partial charge in [0.15, 0.2) is 0 Å². The molecule has 3 amide bonds. The molecule has 10 nitrogen and oxygen atoms in total. The Morgan fingerprint density at radius 2 is 1.97 bits per heavy atom. The van der Waals surface area contributed by atoms with Crippen molar-refractivity contribution < 1.29 is 14.4 Å². The Kier molecular flexibility index (Phi) is 3.94. The van der Waals surface area contributed by atoms with Crippen LogP contribution in [0.15, 0.2) is 48.9 Å². The lowest BCUT2D eigenvalue weighted by atomic mass is 10.0. The van der Waals surface area contributed by atoms with Crippen LogP contribution in [0.4, 0.5) is 0 Å². The minimum atomic E-state index is -0.633. The Bertz CT molecular complexity index is 1420. The quantitative estimate of drug-likeness (QED) is 0.478. The predicted octanol–water partition coefficient (Wildman–Crippen LogP) is 1.57. The number of aromatic nitrogens is 5. The van der Waals surface area contributed by atoms with Crippen molar-refractivity contribution in [3.05, 3.63) is 60.0 Å². The number of nitrogens with one attached hydrogen (secondary N) is 2. The van der Waals surface area contributed by atoms with E-state index in [1.165, 1.54) is 4.90 Å². The summed E-state index contributed by atoms with van der Waals surface area (Å²) in [6, 6.07) is 10.6. The smallest absolute Gasteiger partial charge is 0.255 e. The summed E-state index contributed by atoms with van der Waals surface area (Å²) >= 11 is 0. The second-order valence-electron chi connectivity index (χ2n) is 7.92. The molecule has 0 saturated carbocycles. The zero-order valence-corrected chi connectivity index (χ0v) is 16.8. The fraction of sp³-hybridized carbons (Fsp3) is 0.182. The van der Waals surface area contributed by atoms with Crippen molar-refractivity contribution >= 4 is 28.8 Å². The molecule has 1 atom stereocenters. The second kappa shape index (κ2) is 6.84. The highest BCUT2D eigenvalue weighted by Gasteiger charge is 2.39. The molecule has 0 unspecified atom stereocenters. The molecule has 2 aliphatic rings. The molecule has 2 aromatic heterocycles. The number of carbonyl (C=O) groups is 3. The fourth-order valence-electron chi connectivity index (χ4n) is 4.32. The van der Waals surface area contributed by atoms with Crippen LogP contribution in [-0.2, 0) is 16.1 Å². The third kappa shape index (κ3) is 2.88. The number of rotatable bonds is 3. The van der Waals surface area contributed by atoms with Crippen molar-refractivity contribution in [1.29, 1.82) is 0 Å². The summed E-state index contributed by atoms with van der Waals surface area (Å²) in [5.74, 6) is -0.919. The van der Waals surface area contributed by atoms with E-state index in [4.69, 9.17) is 0 Å². The normalized spacial score (nSPS) is 18.3. The van der Waals surface area contributed by atoms with Crippen LogP contribution in [0.5, 0.6) is 0 Å². The molecule has 2 aromatic carbocycles. The summed E-state index contributed by atoms with van der Waals surface area (Å²) in [6.45, 7) is 0.312. The molecule has 1 saturated heterocycles. The zero-order chi connectivity index (χ0) is 21.8. The number of fused-ring (bicyclic) bond motifs is 2. The lowest BCUT2D eigenvalue weighted by Gasteiger charge is -2.29. The summed E-state index contributed by atoms with van der Waals surface area (Å²) in [5, 5.41) is 10.8. The van der Waals surface area contributed by atoms with Crippen molar-refractivity contribution in [3.8, 4) is 16.9 Å². The number of benzene rings is 2. The highest BCUT2D eigenvalue weighted by atomic mass is 16.2. The van der Waals surface area contributed by atoms with Gasteiger partial charge in [-0.2, -0.15) is 0 Å². The Balaban J connectivity index is 1.28. The van der Waals surface area contributed by atoms with Gasteiger partial charge in [-0.1, -0.05) is 11.3 Å². The van der Waals surface area contributed by atoms with Gasteiger partial charge in [-0.15, -0.1) is 5.10 Å². The first-order chi connectivity index (χ1) is 15.6. The van der Waals surface area contributed by atoms with E-state index < -0.39 is 11.9 Å². The zero-order valence-electron chi connectivity index (χ0n) is 16.8. The van der Waals surface area contributed by atoms with Crippen LogP contribution in [0, 0.1) is 0 Å². The van der Waals surface area contributed by atoms with Gasteiger partial charge in [0.25, 0.3) is 5.91 Å². The van der Waals surface area contributed by atoms with Crippen molar-refractivity contribution in [1.82, 2.24) is 35.2 Å². The minimum Gasteiger partial charge on any atom is -0.345 e. The van der Waals surface area contributed by atoms with Crippen LogP contribution >= 0.6 is 0 Å². The number of imidazole rings is 1. The van der Waals surface area contributed by atoms with E-state index in [-0.39, 0.29) is 18.2 Å². The van der Waals surface area contributed by atoms with Crippen LogP contribution in [-0.4, -0.2) is 53.6 Å². The SMILES string of the molecule is O=C1CC[C@@H](N2Cc3cc(-n4cc(-c5ccc6nc[nH]c6c5)nn4)ccc3C2=O)C(=O)N1. The number of aromatic amines is 1. The average Bonchev–Trinajstić information content (AvgIpc) is 3.52. The Morgan fingerprint density at radius 3 is 2.84 bits per heavy atom. The van der Waals surface area contributed by atoms with Gasteiger partial charge in [0.1, 0.15) is 11.7 Å². The first-order valence-corrected chi connectivity index (χ1v) is 10.2. The second-order valence-corrected chi connectivity index (χ2v) is 7.92. The van der Waals surface area contributed by atoms with Gasteiger partial charge < -0.3 is 9.88 Å². The third-order valence-corrected chi connectivity index (χ3v) is 5.98. The van der Waals surface area contributed by atoms with Crippen LogP contribution in [0.2, 0.25) is 0 Å². The number of hydrogen-bond donors (Lipinski definition) is 2. The molecular weight excluding hydrogens is 410 g/mol. The topological polar surface area (TPSA) is 126 Å². The number of carbonyl (C=O) groups excluding carboxylic acids is 3. The lowest BCUT2D eigenvalue weighted by Crippen LogP contribution is -2.52. The van der Waals surface area contributed by atoms with Crippen LogP contribution < -0.4 is 5.32 Å². The van der Waals surface area contributed by atoms with Gasteiger partial charge in [0, 0.05) is 24.1 Å². The molecule has 6 rings (SSSR count). The van der Waals surface area contributed by atoms with E-state index in [2.05, 4.69) is 25.6 Å². The van der Waals surface area contributed by atoms with Crippen LogP contribution in [0.3, 0.4) is 0 Å². The molecule has 4 heterocycles. The molecule has 0 spiro atoms. The summed E-state index contributed by atoms with van der Waals surface area (Å²) in [4.78, 5) is 45.4. The van der Waals surface area contributed by atoms with E-state index in [1.54, 1.807) is 23.1 Å². The number of nitrogens with zero attached hydrogens (tertiary/aromatic N) is 5. The summed E-state index contributed by atoms with van der Waals surface area (Å²) in [6.07, 6.45) is 4.04. The Labute approximate surface area is 181 Å². The fourth-order valence-corrected chi connectivity index (χ4v) is 4.32. The lowest BCUT2D eigenvalue weighted by molar-refractivity contribution is -0.136. The summed E-state index contributed by atoms with van der Waals surface area (Å²) in [7, 11) is 0. The summed E-state index contributed by atoms with van der Waals surface area (Å²) < 4.78 is 1.66. The molecule has 158 valence electrons. The van der Waals surface area contributed by atoms with Crippen molar-refractivity contribution in [2.24, 2.45) is 0 Å². The first kappa shape index (κ1) is 18.4. The Morgan fingerprint density at radius 1 is 1.06 bits per heavy atom. The molecule has 10 heteroatoms. The minimum absolute atomic E-state index is 0.201. The molecule has 4 aromatic rings. The number of amides is 3. The van der Waals surface area contributed by atoms with Crippen molar-refractivity contribution in [2.75, 3.05) is 0 Å². The monoisotopic (exact) mass is 427 g/mol. The predicted molar refractivity (Wildman–Crippen MR) is 112 cm³/mol. The van der Waals surface area contributed by atoms with Crippen molar-refractivity contribution in [2.45, 2.75) is 25.4 Å². The molecule has 0 aliphatic carbocycles. The third-order valence-electron chi connectivity index (χ3n) is 5.98. The Hall–Kier alpha value is -4.34. The molecule has 0 bridgehead atoms. The van der Waals surface area contributed by atoms with Gasteiger partial charge in [-0.25, -0.2) is 9.67 Å². The van der Waals surface area contributed by atoms with E-state index >= 15 is 0 Å². The average molecular weight is 427 g/mol. The highest BCUT2D eigenvalue weighted by Crippen LogP contribution is 2.29. The van der Waals surface area contributed by atoms with Gasteiger partial charge in [0.2, 0.25) is 11.8 Å². The van der Waals surface area contributed by atoms with E-state index in [9.17, 15) is 14.4 Å². The maximum Gasteiger partial charge on any atom is 0.255 e. The standard InChI is InChI=1S/C22H17N7O3/c30-20-6-5-19(21(31)25-20)28-9-13-7-14(2-3-15(13)22(28)32)29-10-18(26-27-29)12-1-4-16-17(8-12)24-11-23-16/h1-4,7-8,10-11,19H,5-6,9H2,(H,23,24)(H,25,30,31)/t19-/m1/s1. The van der Waals surface area contributed by atoms with E-state index in [0.29, 0.717) is 24.2 Å². The maximum atomic E-state index is 12.9. The maximum absolute atomic E-state index is 12.9. The van der Waals surface area contributed by atoms with Crippen molar-refractivity contribution in [3.63, 3.8) is 0 Å². The molecular formula is C22H17N7O3. The number of hydrogen-bond acceptors (Lipinski definition) is 6. The van der Waals surface area contributed by atoms with Gasteiger partial charge in [-0.3, -0.25) is 19.7 Å². The largest absolute Gasteiger partial charge is 0.345 e. The van der Waals surface area contributed by atoms with E-state index in [0.717, 1.165) is 27.8 Å². The van der Waals surface area contributed by atoms with Gasteiger partial charge >= 0.3 is 0 Å². The highest BCUT2D eigenvalue weighted by molar-refractivity contribution is 6.05. The van der Waals surface area contributed by atoms with Crippen LogP contribution in [0.1, 0.15) is 28.8 Å². The molecule has 0 radical (unpaired) electrons. The van der Waals surface area contributed by atoms with E-state index in [1.807, 2.05) is 30.5 Å². The molecule has 2 aliphatic heterocycles. The molecule has 1 fully saturated rings. The van der Waals surface area contributed by atoms with Gasteiger partial charge in [0.05, 0.1) is 29.2 Å². The van der Waals surface area contributed by atoms with Gasteiger partial charge in [-0.05, 0) is 42.3 Å².